The van der Waals surface area contributed by atoms with Gasteiger partial charge in [-0.15, -0.1) is 0 Å². The number of halogens is 1. The largest absolute Gasteiger partial charge is 0.387 e. The second-order valence-corrected chi connectivity index (χ2v) is 5.62. The van der Waals surface area contributed by atoms with Crippen LogP contribution in [0, 0.1) is 6.92 Å². The van der Waals surface area contributed by atoms with Gasteiger partial charge in [0.15, 0.2) is 5.11 Å². The highest BCUT2D eigenvalue weighted by molar-refractivity contribution is 7.80. The maximum Gasteiger partial charge on any atom is 0.198 e. The molecule has 1 aromatic carbocycles. The smallest absolute Gasteiger partial charge is 0.198 e. The van der Waals surface area contributed by atoms with Gasteiger partial charge in [-0.05, 0) is 43.3 Å². The summed E-state index contributed by atoms with van der Waals surface area (Å²) in [5.74, 6) is 0.571. The zero-order chi connectivity index (χ0) is 15.0. The Labute approximate surface area is 131 Å². The lowest BCUT2D eigenvalue weighted by atomic mass is 10.1. The topological polar surface area (TPSA) is 50.4 Å². The van der Waals surface area contributed by atoms with E-state index in [2.05, 4.69) is 17.2 Å². The van der Waals surface area contributed by atoms with Gasteiger partial charge in [-0.25, -0.2) is 4.99 Å². The van der Waals surface area contributed by atoms with Crippen molar-refractivity contribution in [3.05, 3.63) is 28.8 Å². The van der Waals surface area contributed by atoms with E-state index in [0.29, 0.717) is 16.0 Å². The third-order valence-electron chi connectivity index (χ3n) is 2.90. The van der Waals surface area contributed by atoms with Crippen LogP contribution in [0.4, 0.5) is 5.69 Å². The first-order chi connectivity index (χ1) is 9.52. The number of benzene rings is 1. The van der Waals surface area contributed by atoms with Crippen molar-refractivity contribution in [2.45, 2.75) is 46.0 Å². The van der Waals surface area contributed by atoms with Crippen LogP contribution in [0.3, 0.4) is 0 Å². The number of amidine groups is 1. The third-order valence-corrected chi connectivity index (χ3v) is 3.40. The van der Waals surface area contributed by atoms with E-state index in [9.17, 15) is 0 Å². The lowest BCUT2D eigenvalue weighted by molar-refractivity contribution is 0.682. The highest BCUT2D eigenvalue weighted by Crippen LogP contribution is 2.22. The first kappa shape index (κ1) is 16.9. The van der Waals surface area contributed by atoms with Gasteiger partial charge in [-0.3, -0.25) is 0 Å². The predicted octanol–water partition coefficient (Wildman–Crippen LogP) is 4.67. The van der Waals surface area contributed by atoms with Crippen LogP contribution in [0.25, 0.3) is 0 Å². The number of nitrogens with zero attached hydrogens (tertiary/aromatic N) is 1. The number of aliphatic imine (C=N–C) groups is 1. The standard InChI is InChI=1S/C15H22ClN3S/c1-3-4-5-6-7-14(17)19-15(20)18-13-9-8-11(2)10-12(13)16/h8-10H,3-7H2,1-2H3,(H3,17,18,19,20). The summed E-state index contributed by atoms with van der Waals surface area (Å²) >= 11 is 11.3. The van der Waals surface area contributed by atoms with Crippen LogP contribution in [-0.4, -0.2) is 10.9 Å². The van der Waals surface area contributed by atoms with E-state index in [4.69, 9.17) is 29.6 Å². The van der Waals surface area contributed by atoms with Crippen LogP contribution in [0.2, 0.25) is 5.02 Å². The quantitative estimate of drug-likeness (QED) is 0.347. The Morgan fingerprint density at radius 2 is 2.10 bits per heavy atom. The summed E-state index contributed by atoms with van der Waals surface area (Å²) in [5, 5.41) is 3.98. The van der Waals surface area contributed by atoms with Crippen molar-refractivity contribution in [1.82, 2.24) is 0 Å². The van der Waals surface area contributed by atoms with E-state index in [0.717, 1.165) is 24.1 Å². The van der Waals surface area contributed by atoms with Gasteiger partial charge >= 0.3 is 0 Å². The Morgan fingerprint density at radius 1 is 1.35 bits per heavy atom. The molecule has 5 heteroatoms. The summed E-state index contributed by atoms with van der Waals surface area (Å²) in [4.78, 5) is 4.19. The molecule has 1 rings (SSSR count). The second kappa shape index (κ2) is 8.93. The molecule has 1 aromatic rings. The molecule has 3 nitrogen and oxygen atoms in total. The van der Waals surface area contributed by atoms with Crippen LogP contribution >= 0.6 is 23.8 Å². The highest BCUT2D eigenvalue weighted by atomic mass is 35.5. The molecule has 20 heavy (non-hydrogen) atoms. The van der Waals surface area contributed by atoms with Crippen molar-refractivity contribution < 1.29 is 0 Å². The molecule has 0 aromatic heterocycles. The van der Waals surface area contributed by atoms with Gasteiger partial charge in [0.2, 0.25) is 0 Å². The maximum atomic E-state index is 6.13. The van der Waals surface area contributed by atoms with Gasteiger partial charge < -0.3 is 11.1 Å². The van der Waals surface area contributed by atoms with E-state index in [1.54, 1.807) is 0 Å². The van der Waals surface area contributed by atoms with Crippen LogP contribution in [0.5, 0.6) is 0 Å². The van der Waals surface area contributed by atoms with Crippen molar-refractivity contribution >= 4 is 40.5 Å². The molecule has 110 valence electrons. The summed E-state index contributed by atoms with van der Waals surface area (Å²) in [6, 6.07) is 5.73. The number of nitrogens with one attached hydrogen (secondary N) is 1. The third kappa shape index (κ3) is 6.35. The molecule has 0 radical (unpaired) electrons. The lowest BCUT2D eigenvalue weighted by Gasteiger charge is -2.08. The van der Waals surface area contributed by atoms with E-state index < -0.39 is 0 Å². The van der Waals surface area contributed by atoms with E-state index in [-0.39, 0.29) is 0 Å². The van der Waals surface area contributed by atoms with Gasteiger partial charge in [0.25, 0.3) is 0 Å². The minimum atomic E-state index is 0.351. The van der Waals surface area contributed by atoms with Gasteiger partial charge in [0.05, 0.1) is 10.7 Å². The summed E-state index contributed by atoms with van der Waals surface area (Å²) in [7, 11) is 0. The highest BCUT2D eigenvalue weighted by Gasteiger charge is 2.03. The fraction of sp³-hybridized carbons (Fsp3) is 0.467. The van der Waals surface area contributed by atoms with Gasteiger partial charge in [-0.2, -0.15) is 0 Å². The maximum absolute atomic E-state index is 6.13. The molecule has 0 heterocycles. The van der Waals surface area contributed by atoms with E-state index >= 15 is 0 Å². The van der Waals surface area contributed by atoms with Gasteiger partial charge in [-0.1, -0.05) is 43.9 Å². The molecule has 0 saturated carbocycles. The molecule has 0 spiro atoms. The molecule has 3 N–H and O–H groups in total. The Hall–Kier alpha value is -1.13. The Balaban J connectivity index is 2.49. The average Bonchev–Trinajstić information content (AvgIpc) is 2.38. The SMILES string of the molecule is CCCCCCC(N)=NC(=S)Nc1ccc(C)cc1Cl. The molecular weight excluding hydrogens is 290 g/mol. The van der Waals surface area contributed by atoms with Crippen molar-refractivity contribution in [1.29, 1.82) is 0 Å². The van der Waals surface area contributed by atoms with Crippen LogP contribution in [0.1, 0.15) is 44.6 Å². The van der Waals surface area contributed by atoms with Gasteiger partial charge in [0.1, 0.15) is 5.84 Å². The first-order valence-corrected chi connectivity index (χ1v) is 7.71. The zero-order valence-corrected chi connectivity index (χ0v) is 13.7. The number of hydrogen-bond acceptors (Lipinski definition) is 1. The van der Waals surface area contributed by atoms with Gasteiger partial charge in [0, 0.05) is 6.42 Å². The fourth-order valence-corrected chi connectivity index (χ4v) is 2.29. The number of nitrogens with two attached hydrogens (primary N) is 1. The normalized spacial score (nSPS) is 11.4. The number of aryl methyl sites for hydroxylation is 1. The first-order valence-electron chi connectivity index (χ1n) is 6.93. The van der Waals surface area contributed by atoms with Crippen molar-refractivity contribution in [2.24, 2.45) is 10.7 Å². The molecular formula is C15H22ClN3S. The van der Waals surface area contributed by atoms with Crippen LogP contribution < -0.4 is 11.1 Å². The monoisotopic (exact) mass is 311 g/mol. The molecule has 0 aliphatic heterocycles. The molecule has 0 fully saturated rings. The Kier molecular flexibility index (Phi) is 7.55. The molecule has 0 aliphatic rings. The number of unbranched alkanes of at least 4 members (excludes halogenated alkanes) is 3. The van der Waals surface area contributed by atoms with Crippen molar-refractivity contribution in [3.8, 4) is 0 Å². The van der Waals surface area contributed by atoms with Crippen molar-refractivity contribution in [3.63, 3.8) is 0 Å². The predicted molar refractivity (Wildman–Crippen MR) is 92.8 cm³/mol. The molecule has 0 aliphatic carbocycles. The molecule has 0 amide bonds. The summed E-state index contributed by atoms with van der Waals surface area (Å²) < 4.78 is 0. The molecule has 0 saturated heterocycles. The average molecular weight is 312 g/mol. The Morgan fingerprint density at radius 3 is 2.75 bits per heavy atom. The number of rotatable bonds is 6. The lowest BCUT2D eigenvalue weighted by Crippen LogP contribution is -2.17. The number of thiocarbonyl (C=S) groups is 1. The molecule has 0 bridgehead atoms. The summed E-state index contributed by atoms with van der Waals surface area (Å²) in [6.07, 6.45) is 5.45. The van der Waals surface area contributed by atoms with Crippen LogP contribution in [-0.2, 0) is 0 Å². The molecule has 0 atom stereocenters. The van der Waals surface area contributed by atoms with E-state index in [1.807, 2.05) is 25.1 Å². The van der Waals surface area contributed by atoms with Crippen molar-refractivity contribution in [2.75, 3.05) is 5.32 Å². The number of hydrogen-bond donors (Lipinski definition) is 2. The van der Waals surface area contributed by atoms with Crippen LogP contribution in [0.15, 0.2) is 23.2 Å². The minimum Gasteiger partial charge on any atom is -0.387 e. The zero-order valence-electron chi connectivity index (χ0n) is 12.1. The van der Waals surface area contributed by atoms with E-state index in [1.165, 1.54) is 19.3 Å². The Bertz CT molecular complexity index is 486. The fourth-order valence-electron chi connectivity index (χ4n) is 1.78. The minimum absolute atomic E-state index is 0.351. The number of anilines is 1. The summed E-state index contributed by atoms with van der Waals surface area (Å²) in [5.41, 5.74) is 7.72. The second-order valence-electron chi connectivity index (χ2n) is 4.83. The summed E-state index contributed by atoms with van der Waals surface area (Å²) in [6.45, 7) is 4.17. The molecule has 0 unspecified atom stereocenters.